The van der Waals surface area contributed by atoms with Crippen LogP contribution in [0.15, 0.2) is 33.5 Å². The highest BCUT2D eigenvalue weighted by Crippen LogP contribution is 2.31. The van der Waals surface area contributed by atoms with Gasteiger partial charge in [0.25, 0.3) is 0 Å². The van der Waals surface area contributed by atoms with Gasteiger partial charge in [0, 0.05) is 5.92 Å². The number of ether oxygens (including phenoxy) is 1. The van der Waals surface area contributed by atoms with Crippen molar-refractivity contribution >= 4 is 16.9 Å². The van der Waals surface area contributed by atoms with E-state index >= 15 is 0 Å². The first kappa shape index (κ1) is 14.1. The Morgan fingerprint density at radius 2 is 2.10 bits per heavy atom. The van der Waals surface area contributed by atoms with E-state index in [4.69, 9.17) is 9.15 Å². The fraction of sp³-hybridized carbons (Fsp3) is 0.333. The fourth-order valence-corrected chi connectivity index (χ4v) is 2.15. The lowest BCUT2D eigenvalue weighted by molar-refractivity contribution is -0.143. The maximum absolute atomic E-state index is 12.0. The molecule has 106 valence electrons. The van der Waals surface area contributed by atoms with Gasteiger partial charge in [-0.1, -0.05) is 19.1 Å². The molecule has 2 aromatic rings. The zero-order valence-corrected chi connectivity index (χ0v) is 11.4. The Hall–Kier alpha value is -2.30. The first-order valence-corrected chi connectivity index (χ1v) is 6.45. The minimum absolute atomic E-state index is 0.0184. The zero-order chi connectivity index (χ0) is 14.7. The molecule has 0 aliphatic heterocycles. The van der Waals surface area contributed by atoms with E-state index in [0.29, 0.717) is 11.0 Å². The third-order valence-electron chi connectivity index (χ3n) is 3.09. The summed E-state index contributed by atoms with van der Waals surface area (Å²) in [6.07, 6.45) is 0.0184. The van der Waals surface area contributed by atoms with Crippen molar-refractivity contribution in [3.63, 3.8) is 0 Å². The number of rotatable bonds is 4. The molecule has 0 fully saturated rings. The van der Waals surface area contributed by atoms with E-state index in [-0.39, 0.29) is 24.3 Å². The second-order valence-corrected chi connectivity index (χ2v) is 4.56. The normalized spacial score (nSPS) is 12.3. The van der Waals surface area contributed by atoms with Gasteiger partial charge in [0.05, 0.1) is 24.0 Å². The summed E-state index contributed by atoms with van der Waals surface area (Å²) >= 11 is 0. The van der Waals surface area contributed by atoms with Gasteiger partial charge in [-0.25, -0.2) is 4.79 Å². The molecule has 0 radical (unpaired) electrons. The predicted molar refractivity (Wildman–Crippen MR) is 73.8 cm³/mol. The molecule has 1 unspecified atom stereocenters. The number of aromatic hydroxyl groups is 1. The fourth-order valence-electron chi connectivity index (χ4n) is 2.15. The van der Waals surface area contributed by atoms with E-state index in [2.05, 4.69) is 0 Å². The first-order chi connectivity index (χ1) is 9.54. The van der Waals surface area contributed by atoms with Crippen molar-refractivity contribution in [1.29, 1.82) is 0 Å². The van der Waals surface area contributed by atoms with E-state index in [1.54, 1.807) is 38.1 Å². The molecule has 5 heteroatoms. The molecule has 2 rings (SSSR count). The molecule has 0 saturated heterocycles. The lowest BCUT2D eigenvalue weighted by Gasteiger charge is -2.12. The van der Waals surface area contributed by atoms with E-state index in [1.165, 1.54) is 0 Å². The summed E-state index contributed by atoms with van der Waals surface area (Å²) in [6.45, 7) is 3.67. The van der Waals surface area contributed by atoms with Gasteiger partial charge >= 0.3 is 11.6 Å². The molecule has 1 atom stereocenters. The van der Waals surface area contributed by atoms with Gasteiger partial charge in [0.15, 0.2) is 0 Å². The largest absolute Gasteiger partial charge is 0.507 e. The van der Waals surface area contributed by atoms with Crippen LogP contribution >= 0.6 is 0 Å². The Bertz CT molecular complexity index is 686. The van der Waals surface area contributed by atoms with Gasteiger partial charge in [-0.2, -0.15) is 0 Å². The van der Waals surface area contributed by atoms with E-state index in [1.807, 2.05) is 0 Å². The Morgan fingerprint density at radius 3 is 2.80 bits per heavy atom. The smallest absolute Gasteiger partial charge is 0.343 e. The number of carbonyl (C=O) groups excluding carboxylic acids is 1. The molecule has 0 spiro atoms. The van der Waals surface area contributed by atoms with Crippen LogP contribution in [0.3, 0.4) is 0 Å². The molecule has 20 heavy (non-hydrogen) atoms. The van der Waals surface area contributed by atoms with E-state index in [9.17, 15) is 14.7 Å². The first-order valence-electron chi connectivity index (χ1n) is 6.45. The van der Waals surface area contributed by atoms with Gasteiger partial charge in [0.1, 0.15) is 11.3 Å². The molecule has 0 saturated carbocycles. The average molecular weight is 276 g/mol. The summed E-state index contributed by atoms with van der Waals surface area (Å²) in [5.74, 6) is -1.02. The Balaban J connectivity index is 2.43. The van der Waals surface area contributed by atoms with E-state index < -0.39 is 17.5 Å². The SMILES string of the molecule is CCOC(=O)CC(C)c1c(O)c2ccccc2oc1=O. The zero-order valence-electron chi connectivity index (χ0n) is 11.4. The lowest BCUT2D eigenvalue weighted by atomic mass is 9.97. The second-order valence-electron chi connectivity index (χ2n) is 4.56. The van der Waals surface area contributed by atoms with Crippen LogP contribution in [-0.2, 0) is 9.53 Å². The molecule has 1 heterocycles. The van der Waals surface area contributed by atoms with Crippen molar-refractivity contribution in [2.75, 3.05) is 6.61 Å². The molecular formula is C15H16O5. The van der Waals surface area contributed by atoms with Crippen LogP contribution in [0.1, 0.15) is 31.7 Å². The Labute approximate surface area is 115 Å². The van der Waals surface area contributed by atoms with Crippen LogP contribution in [-0.4, -0.2) is 17.7 Å². The third kappa shape index (κ3) is 2.66. The van der Waals surface area contributed by atoms with Crippen LogP contribution in [0.25, 0.3) is 11.0 Å². The molecule has 0 aliphatic carbocycles. The number of para-hydroxylation sites is 1. The van der Waals surface area contributed by atoms with Gasteiger partial charge in [0.2, 0.25) is 0 Å². The second kappa shape index (κ2) is 5.77. The van der Waals surface area contributed by atoms with Crippen LogP contribution < -0.4 is 5.63 Å². The summed E-state index contributed by atoms with van der Waals surface area (Å²) in [5.41, 5.74) is -0.197. The standard InChI is InChI=1S/C15H16O5/c1-3-19-12(16)8-9(2)13-14(17)10-6-4-5-7-11(10)20-15(13)18/h4-7,9,17H,3,8H2,1-2H3. The van der Waals surface area contributed by atoms with Gasteiger partial charge in [-0.05, 0) is 19.1 Å². The van der Waals surface area contributed by atoms with Crippen molar-refractivity contribution in [1.82, 2.24) is 0 Å². The summed E-state index contributed by atoms with van der Waals surface area (Å²) in [6, 6.07) is 6.72. The number of hydrogen-bond donors (Lipinski definition) is 1. The number of hydrogen-bond acceptors (Lipinski definition) is 5. The van der Waals surface area contributed by atoms with Crippen LogP contribution in [0.5, 0.6) is 5.75 Å². The highest BCUT2D eigenvalue weighted by Gasteiger charge is 2.22. The van der Waals surface area contributed by atoms with E-state index in [0.717, 1.165) is 0 Å². The van der Waals surface area contributed by atoms with Crippen molar-refractivity contribution in [3.05, 3.63) is 40.2 Å². The molecule has 0 amide bonds. The maximum Gasteiger partial charge on any atom is 0.343 e. The molecular weight excluding hydrogens is 260 g/mol. The Morgan fingerprint density at radius 1 is 1.40 bits per heavy atom. The number of carbonyl (C=O) groups is 1. The molecule has 1 N–H and O–H groups in total. The van der Waals surface area contributed by atoms with Crippen molar-refractivity contribution in [3.8, 4) is 5.75 Å². The molecule has 0 aliphatic rings. The van der Waals surface area contributed by atoms with Crippen molar-refractivity contribution < 1.29 is 19.1 Å². The summed E-state index contributed by atoms with van der Waals surface area (Å²) < 4.78 is 10.0. The van der Waals surface area contributed by atoms with Crippen molar-refractivity contribution in [2.24, 2.45) is 0 Å². The van der Waals surface area contributed by atoms with Gasteiger partial charge < -0.3 is 14.3 Å². The molecule has 5 nitrogen and oxygen atoms in total. The van der Waals surface area contributed by atoms with Crippen molar-refractivity contribution in [2.45, 2.75) is 26.2 Å². The topological polar surface area (TPSA) is 76.7 Å². The van der Waals surface area contributed by atoms with Crippen LogP contribution in [0, 0.1) is 0 Å². The molecule has 1 aromatic carbocycles. The summed E-state index contributed by atoms with van der Waals surface area (Å²) in [4.78, 5) is 23.4. The maximum atomic E-state index is 12.0. The van der Waals surface area contributed by atoms with Crippen LogP contribution in [0.4, 0.5) is 0 Å². The minimum atomic E-state index is -0.627. The summed E-state index contributed by atoms with van der Waals surface area (Å²) in [7, 11) is 0. The number of fused-ring (bicyclic) bond motifs is 1. The molecule has 1 aromatic heterocycles. The summed E-state index contributed by atoms with van der Waals surface area (Å²) in [5, 5.41) is 10.7. The number of benzene rings is 1. The predicted octanol–water partition coefficient (Wildman–Crippen LogP) is 2.56. The highest BCUT2D eigenvalue weighted by molar-refractivity contribution is 5.84. The van der Waals surface area contributed by atoms with Gasteiger partial charge in [-0.15, -0.1) is 0 Å². The third-order valence-corrected chi connectivity index (χ3v) is 3.09. The average Bonchev–Trinajstić information content (AvgIpc) is 2.38. The number of esters is 1. The minimum Gasteiger partial charge on any atom is -0.507 e. The molecule has 0 bridgehead atoms. The van der Waals surface area contributed by atoms with Gasteiger partial charge in [-0.3, -0.25) is 4.79 Å². The lowest BCUT2D eigenvalue weighted by Crippen LogP contribution is -2.15. The quantitative estimate of drug-likeness (QED) is 0.686. The monoisotopic (exact) mass is 276 g/mol. The highest BCUT2D eigenvalue weighted by atomic mass is 16.5. The van der Waals surface area contributed by atoms with Crippen LogP contribution in [0.2, 0.25) is 0 Å². The Kier molecular flexibility index (Phi) is 4.08.